The SMILES string of the molecule is CN(C(=O)C1=CC2OCOC2C(OC(=O)c2ccccc2C=CC(=O)OCC(F)(F)F)C1)C(Cc1ccccc1)C(=O)NC(CO)CCC(=O)OC(C)(C)C. The molecule has 0 aromatic heterocycles. The number of nitrogens with zero attached hydrogens (tertiary/aromatic N) is 1. The van der Waals surface area contributed by atoms with Crippen molar-refractivity contribution in [2.45, 2.75) is 88.6 Å². The molecule has 0 radical (unpaired) electrons. The minimum absolute atomic E-state index is 0.0258. The summed E-state index contributed by atoms with van der Waals surface area (Å²) in [5.41, 5.74) is 0.337. The van der Waals surface area contributed by atoms with E-state index in [1.807, 2.05) is 6.07 Å². The number of esters is 3. The molecule has 0 spiro atoms. The third-order valence-electron chi connectivity index (χ3n) is 8.53. The van der Waals surface area contributed by atoms with Crippen LogP contribution in [0.5, 0.6) is 0 Å². The van der Waals surface area contributed by atoms with Crippen LogP contribution in [0.1, 0.15) is 61.5 Å². The zero-order chi connectivity index (χ0) is 40.3. The van der Waals surface area contributed by atoms with Crippen molar-refractivity contribution in [1.82, 2.24) is 10.2 Å². The molecule has 4 rings (SSSR count). The van der Waals surface area contributed by atoms with Gasteiger partial charge in [0.15, 0.2) is 6.61 Å². The van der Waals surface area contributed by atoms with Gasteiger partial charge in [-0.05, 0) is 56.5 Å². The lowest BCUT2D eigenvalue weighted by molar-refractivity contribution is -0.182. The zero-order valence-electron chi connectivity index (χ0n) is 30.9. The first-order valence-corrected chi connectivity index (χ1v) is 17.5. The molecule has 1 saturated heterocycles. The van der Waals surface area contributed by atoms with Crippen LogP contribution in [-0.4, -0.2) is 109 Å². The van der Waals surface area contributed by atoms with Gasteiger partial charge >= 0.3 is 24.1 Å². The van der Waals surface area contributed by atoms with E-state index in [4.69, 9.17) is 18.9 Å². The van der Waals surface area contributed by atoms with Gasteiger partial charge in [-0.15, -0.1) is 0 Å². The van der Waals surface area contributed by atoms with Crippen LogP contribution in [0.2, 0.25) is 0 Å². The Morgan fingerprint density at radius 1 is 1.02 bits per heavy atom. The number of amides is 2. The van der Waals surface area contributed by atoms with E-state index in [0.717, 1.165) is 17.7 Å². The number of carbonyl (C=O) groups is 5. The maximum atomic E-state index is 14.2. The van der Waals surface area contributed by atoms with Crippen LogP contribution in [-0.2, 0) is 49.3 Å². The maximum Gasteiger partial charge on any atom is 0.422 e. The summed E-state index contributed by atoms with van der Waals surface area (Å²) in [4.78, 5) is 66.9. The minimum Gasteiger partial charge on any atom is -0.460 e. The second-order valence-corrected chi connectivity index (χ2v) is 14.0. The van der Waals surface area contributed by atoms with Gasteiger partial charge in [-0.3, -0.25) is 14.4 Å². The fourth-order valence-electron chi connectivity index (χ4n) is 5.90. The first kappa shape index (κ1) is 42.7. The number of ether oxygens (including phenoxy) is 5. The van der Waals surface area contributed by atoms with Gasteiger partial charge in [0.05, 0.1) is 18.2 Å². The Bertz CT molecular complexity index is 1740. The van der Waals surface area contributed by atoms with Crippen molar-refractivity contribution in [3.63, 3.8) is 0 Å². The lowest BCUT2D eigenvalue weighted by atomic mass is 9.90. The number of nitrogens with one attached hydrogen (secondary N) is 1. The average molecular weight is 775 g/mol. The van der Waals surface area contributed by atoms with Crippen molar-refractivity contribution < 1.29 is 65.9 Å². The molecule has 0 bridgehead atoms. The van der Waals surface area contributed by atoms with E-state index >= 15 is 0 Å². The van der Waals surface area contributed by atoms with E-state index in [1.54, 1.807) is 57.2 Å². The van der Waals surface area contributed by atoms with Crippen LogP contribution >= 0.6 is 0 Å². The van der Waals surface area contributed by atoms with Crippen molar-refractivity contribution in [1.29, 1.82) is 0 Å². The zero-order valence-corrected chi connectivity index (χ0v) is 30.9. The molecule has 16 heteroatoms. The molecular formula is C39H45F3N2O11. The van der Waals surface area contributed by atoms with E-state index < -0.39 is 85.1 Å². The first-order valence-electron chi connectivity index (χ1n) is 17.5. The highest BCUT2D eigenvalue weighted by Gasteiger charge is 2.44. The summed E-state index contributed by atoms with van der Waals surface area (Å²) >= 11 is 0. The largest absolute Gasteiger partial charge is 0.460 e. The number of aliphatic hydroxyl groups is 1. The Balaban J connectivity index is 1.50. The fourth-order valence-corrected chi connectivity index (χ4v) is 5.90. The van der Waals surface area contributed by atoms with Gasteiger partial charge in [-0.25, -0.2) is 9.59 Å². The van der Waals surface area contributed by atoms with E-state index in [1.165, 1.54) is 30.1 Å². The monoisotopic (exact) mass is 774 g/mol. The lowest BCUT2D eigenvalue weighted by Gasteiger charge is -2.34. The molecule has 5 atom stereocenters. The third-order valence-corrected chi connectivity index (χ3v) is 8.53. The molecule has 55 heavy (non-hydrogen) atoms. The van der Waals surface area contributed by atoms with Crippen molar-refractivity contribution in [2.24, 2.45) is 0 Å². The van der Waals surface area contributed by atoms with Crippen LogP contribution in [0, 0.1) is 0 Å². The standard InChI is InChI=1S/C39H45F3N2O11/c1-38(2,3)55-33(47)17-15-27(21-45)43-35(48)29(18-24-10-6-5-7-11-24)44(4)36(49)26-19-30-34(53-23-52-30)31(20-26)54-37(50)28-13-9-8-12-25(28)14-16-32(46)51-22-39(40,41)42/h5-14,16,19,27,29-31,34,45H,15,17-18,20-23H2,1-4H3,(H,43,48). The topological polar surface area (TPSA) is 167 Å². The van der Waals surface area contributed by atoms with Gasteiger partial charge in [0, 0.05) is 38.0 Å². The molecule has 13 nitrogen and oxygen atoms in total. The Labute approximate surface area is 316 Å². The summed E-state index contributed by atoms with van der Waals surface area (Å²) in [7, 11) is 1.45. The minimum atomic E-state index is -4.71. The van der Waals surface area contributed by atoms with Crippen molar-refractivity contribution in [3.8, 4) is 0 Å². The van der Waals surface area contributed by atoms with Gasteiger partial charge in [-0.1, -0.05) is 48.5 Å². The molecule has 1 aliphatic heterocycles. The number of hydrogen-bond donors (Lipinski definition) is 2. The smallest absolute Gasteiger partial charge is 0.422 e. The number of rotatable bonds is 15. The molecule has 1 fully saturated rings. The van der Waals surface area contributed by atoms with Gasteiger partial charge in [0.25, 0.3) is 0 Å². The second kappa shape index (κ2) is 19.0. The normalized spacial score (nSPS) is 19.4. The van der Waals surface area contributed by atoms with E-state index in [-0.39, 0.29) is 49.2 Å². The number of aliphatic hydroxyl groups excluding tert-OH is 1. The molecule has 5 unspecified atom stereocenters. The lowest BCUT2D eigenvalue weighted by Crippen LogP contribution is -2.53. The Morgan fingerprint density at radius 2 is 1.71 bits per heavy atom. The highest BCUT2D eigenvalue weighted by molar-refractivity contribution is 5.98. The predicted molar refractivity (Wildman–Crippen MR) is 190 cm³/mol. The maximum absolute atomic E-state index is 14.2. The third kappa shape index (κ3) is 13.0. The molecule has 2 N–H and O–H groups in total. The van der Waals surface area contributed by atoms with Gasteiger partial charge in [0.2, 0.25) is 11.8 Å². The molecule has 2 amide bonds. The predicted octanol–water partition coefficient (Wildman–Crippen LogP) is 4.07. The summed E-state index contributed by atoms with van der Waals surface area (Å²) in [6, 6.07) is 13.0. The molecule has 2 aromatic rings. The molecular weight excluding hydrogens is 729 g/mol. The second-order valence-electron chi connectivity index (χ2n) is 14.0. The Hall–Kier alpha value is -5.06. The van der Waals surface area contributed by atoms with Gasteiger partial charge in [0.1, 0.15) is 36.7 Å². The molecule has 298 valence electrons. The molecule has 0 saturated carbocycles. The van der Waals surface area contributed by atoms with E-state index in [2.05, 4.69) is 10.1 Å². The van der Waals surface area contributed by atoms with Crippen molar-refractivity contribution in [2.75, 3.05) is 27.1 Å². The van der Waals surface area contributed by atoms with Crippen molar-refractivity contribution in [3.05, 3.63) is 89.0 Å². The number of likely N-dealkylation sites (N-methyl/N-ethyl adjacent to an activating group) is 1. The Kier molecular flexibility index (Phi) is 14.7. The van der Waals surface area contributed by atoms with Crippen LogP contribution in [0.25, 0.3) is 6.08 Å². The number of halogens is 3. The van der Waals surface area contributed by atoms with Gasteiger partial charge < -0.3 is 39.0 Å². The number of fused-ring (bicyclic) bond motifs is 1. The summed E-state index contributed by atoms with van der Waals surface area (Å²) in [6.07, 6.45) is -3.89. The van der Waals surface area contributed by atoms with E-state index in [9.17, 15) is 42.3 Å². The van der Waals surface area contributed by atoms with Gasteiger partial charge in [-0.2, -0.15) is 13.2 Å². The number of alkyl halides is 3. The van der Waals surface area contributed by atoms with E-state index in [0.29, 0.717) is 0 Å². The van der Waals surface area contributed by atoms with Crippen LogP contribution < -0.4 is 5.32 Å². The Morgan fingerprint density at radius 3 is 2.38 bits per heavy atom. The van der Waals surface area contributed by atoms with Crippen LogP contribution in [0.3, 0.4) is 0 Å². The summed E-state index contributed by atoms with van der Waals surface area (Å²) < 4.78 is 64.1. The molecule has 2 aromatic carbocycles. The fraction of sp³-hybridized carbons (Fsp3) is 0.462. The first-order chi connectivity index (χ1) is 25.9. The van der Waals surface area contributed by atoms with Crippen LogP contribution in [0.15, 0.2) is 72.3 Å². The summed E-state index contributed by atoms with van der Waals surface area (Å²) in [6.45, 7) is 2.80. The number of benzene rings is 2. The molecule has 1 heterocycles. The van der Waals surface area contributed by atoms with Crippen LogP contribution in [0.4, 0.5) is 13.2 Å². The quantitative estimate of drug-likeness (QED) is 0.152. The highest BCUT2D eigenvalue weighted by atomic mass is 19.4. The molecule has 2 aliphatic rings. The average Bonchev–Trinajstić information content (AvgIpc) is 3.62. The number of carbonyl (C=O) groups excluding carboxylic acids is 5. The summed E-state index contributed by atoms with van der Waals surface area (Å²) in [5, 5.41) is 12.8. The number of hydrogen-bond acceptors (Lipinski definition) is 11. The molecule has 1 aliphatic carbocycles. The highest BCUT2D eigenvalue weighted by Crippen LogP contribution is 2.32. The van der Waals surface area contributed by atoms with Crippen molar-refractivity contribution >= 4 is 35.8 Å². The summed E-state index contributed by atoms with van der Waals surface area (Å²) in [5.74, 6) is -3.77.